The first kappa shape index (κ1) is 17.1. The van der Waals surface area contributed by atoms with Crippen molar-refractivity contribution in [3.63, 3.8) is 0 Å². The Balaban J connectivity index is 2.28. The van der Waals surface area contributed by atoms with Gasteiger partial charge in [-0.1, -0.05) is 23.7 Å². The first-order valence-corrected chi connectivity index (χ1v) is 7.35. The number of benzene rings is 1. The number of para-hydroxylation sites is 1. The van der Waals surface area contributed by atoms with E-state index in [-0.39, 0.29) is 5.57 Å². The number of thiophene rings is 1. The molecule has 0 unspecified atom stereocenters. The minimum absolute atomic E-state index is 0.319. The van der Waals surface area contributed by atoms with Gasteiger partial charge in [0.1, 0.15) is 11.6 Å². The molecule has 118 valence electrons. The highest BCUT2D eigenvalue weighted by atomic mass is 35.5. The standard InChI is InChI=1S/C15H8ClF3N2OS/c16-13-6-5-10(23-13)7-9(8-20)14(22)21-12-4-2-1-3-11(12)15(17,18)19/h1-7H,(H,21,22)/b9-7+. The fourth-order valence-corrected chi connectivity index (χ4v) is 2.73. The fraction of sp³-hybridized carbons (Fsp3) is 0.0667. The number of rotatable bonds is 3. The Morgan fingerprint density at radius 2 is 1.96 bits per heavy atom. The van der Waals surface area contributed by atoms with Gasteiger partial charge in [0, 0.05) is 4.88 Å². The van der Waals surface area contributed by atoms with Crippen LogP contribution in [0.3, 0.4) is 0 Å². The predicted octanol–water partition coefficient (Wildman–Crippen LogP) is 4.97. The normalized spacial score (nSPS) is 11.9. The summed E-state index contributed by atoms with van der Waals surface area (Å²) in [4.78, 5) is 12.6. The molecular weight excluding hydrogens is 349 g/mol. The molecule has 8 heteroatoms. The summed E-state index contributed by atoms with van der Waals surface area (Å²) in [6.45, 7) is 0. The van der Waals surface area contributed by atoms with E-state index in [0.717, 1.165) is 23.5 Å². The van der Waals surface area contributed by atoms with Gasteiger partial charge in [0.25, 0.3) is 5.91 Å². The van der Waals surface area contributed by atoms with Crippen molar-refractivity contribution in [2.24, 2.45) is 0 Å². The summed E-state index contributed by atoms with van der Waals surface area (Å²) >= 11 is 6.89. The molecule has 1 N–H and O–H groups in total. The average Bonchev–Trinajstić information content (AvgIpc) is 2.89. The lowest BCUT2D eigenvalue weighted by Gasteiger charge is -2.13. The number of nitriles is 1. The second-order valence-corrected chi connectivity index (χ2v) is 6.06. The van der Waals surface area contributed by atoms with Crippen LogP contribution in [0.25, 0.3) is 6.08 Å². The van der Waals surface area contributed by atoms with Gasteiger partial charge >= 0.3 is 6.18 Å². The largest absolute Gasteiger partial charge is 0.418 e. The molecule has 0 radical (unpaired) electrons. The molecule has 0 atom stereocenters. The molecule has 2 aromatic rings. The molecule has 0 saturated carbocycles. The maximum absolute atomic E-state index is 12.9. The van der Waals surface area contributed by atoms with E-state index in [1.54, 1.807) is 18.2 Å². The van der Waals surface area contributed by atoms with Gasteiger partial charge in [-0.15, -0.1) is 11.3 Å². The third kappa shape index (κ3) is 4.34. The van der Waals surface area contributed by atoms with Crippen molar-refractivity contribution in [1.29, 1.82) is 5.26 Å². The summed E-state index contributed by atoms with van der Waals surface area (Å²) in [6.07, 6.45) is -3.34. The number of halogens is 4. The third-order valence-corrected chi connectivity index (χ3v) is 3.90. The van der Waals surface area contributed by atoms with Crippen molar-refractivity contribution in [1.82, 2.24) is 0 Å². The number of alkyl halides is 3. The lowest BCUT2D eigenvalue weighted by molar-refractivity contribution is -0.136. The van der Waals surface area contributed by atoms with Crippen LogP contribution in [0.2, 0.25) is 4.34 Å². The maximum Gasteiger partial charge on any atom is 0.418 e. The lowest BCUT2D eigenvalue weighted by Crippen LogP contribution is -2.17. The number of amides is 1. The first-order chi connectivity index (χ1) is 10.8. The molecule has 1 amide bonds. The highest BCUT2D eigenvalue weighted by molar-refractivity contribution is 7.17. The van der Waals surface area contributed by atoms with Crippen molar-refractivity contribution in [3.8, 4) is 6.07 Å². The van der Waals surface area contributed by atoms with Crippen molar-refractivity contribution in [2.75, 3.05) is 5.32 Å². The summed E-state index contributed by atoms with van der Waals surface area (Å²) < 4.78 is 39.1. The lowest BCUT2D eigenvalue weighted by atomic mass is 10.1. The summed E-state index contributed by atoms with van der Waals surface area (Å²) in [6, 6.07) is 9.41. The molecule has 0 aliphatic heterocycles. The number of carbonyl (C=O) groups excluding carboxylic acids is 1. The number of nitrogens with zero attached hydrogens (tertiary/aromatic N) is 1. The highest BCUT2D eigenvalue weighted by Gasteiger charge is 2.33. The van der Waals surface area contributed by atoms with Gasteiger partial charge in [-0.05, 0) is 30.3 Å². The Kier molecular flexibility index (Phi) is 5.08. The van der Waals surface area contributed by atoms with Crippen LogP contribution in [0, 0.1) is 11.3 Å². The van der Waals surface area contributed by atoms with Crippen LogP contribution >= 0.6 is 22.9 Å². The summed E-state index contributed by atoms with van der Waals surface area (Å²) in [5.74, 6) is -0.922. The Hall–Kier alpha value is -2.30. The van der Waals surface area contributed by atoms with Crippen LogP contribution in [0.15, 0.2) is 42.0 Å². The van der Waals surface area contributed by atoms with Crippen LogP contribution in [-0.4, -0.2) is 5.91 Å². The minimum Gasteiger partial charge on any atom is -0.321 e. The van der Waals surface area contributed by atoms with Crippen molar-refractivity contribution in [3.05, 3.63) is 56.7 Å². The number of anilines is 1. The molecule has 23 heavy (non-hydrogen) atoms. The summed E-state index contributed by atoms with van der Waals surface area (Å²) in [7, 11) is 0. The number of hydrogen-bond donors (Lipinski definition) is 1. The first-order valence-electron chi connectivity index (χ1n) is 6.16. The van der Waals surface area contributed by atoms with Gasteiger partial charge in [-0.3, -0.25) is 4.79 Å². The van der Waals surface area contributed by atoms with Gasteiger partial charge in [0.2, 0.25) is 0 Å². The van der Waals surface area contributed by atoms with Gasteiger partial charge in [0.05, 0.1) is 15.6 Å². The zero-order chi connectivity index (χ0) is 17.0. The number of nitrogens with one attached hydrogen (secondary N) is 1. The van der Waals surface area contributed by atoms with E-state index in [0.29, 0.717) is 9.21 Å². The van der Waals surface area contributed by atoms with E-state index in [1.807, 2.05) is 0 Å². The van der Waals surface area contributed by atoms with Crippen molar-refractivity contribution >= 4 is 40.6 Å². The molecule has 1 aromatic carbocycles. The van der Waals surface area contributed by atoms with Crippen molar-refractivity contribution in [2.45, 2.75) is 6.18 Å². The van der Waals surface area contributed by atoms with Crippen LogP contribution in [0.1, 0.15) is 10.4 Å². The molecule has 3 nitrogen and oxygen atoms in total. The second-order valence-electron chi connectivity index (χ2n) is 4.31. The molecule has 1 heterocycles. The minimum atomic E-state index is -4.61. The van der Waals surface area contributed by atoms with Gasteiger partial charge in [-0.25, -0.2) is 0 Å². The van der Waals surface area contributed by atoms with Crippen LogP contribution in [0.5, 0.6) is 0 Å². The van der Waals surface area contributed by atoms with Crippen LogP contribution in [0.4, 0.5) is 18.9 Å². The van der Waals surface area contributed by atoms with E-state index >= 15 is 0 Å². The molecular formula is C15H8ClF3N2OS. The molecule has 1 aromatic heterocycles. The van der Waals surface area contributed by atoms with E-state index in [1.165, 1.54) is 18.2 Å². The van der Waals surface area contributed by atoms with Crippen LogP contribution in [-0.2, 0) is 11.0 Å². The summed E-state index contributed by atoms with van der Waals surface area (Å²) in [5, 5.41) is 11.2. The van der Waals surface area contributed by atoms with Gasteiger partial charge < -0.3 is 5.32 Å². The summed E-state index contributed by atoms with van der Waals surface area (Å²) in [5.41, 5.74) is -1.71. The van der Waals surface area contributed by atoms with Gasteiger partial charge in [-0.2, -0.15) is 18.4 Å². The fourth-order valence-electron chi connectivity index (χ4n) is 1.73. The van der Waals surface area contributed by atoms with E-state index < -0.39 is 23.3 Å². The Morgan fingerprint density at radius 3 is 2.52 bits per heavy atom. The Morgan fingerprint density at radius 1 is 1.26 bits per heavy atom. The number of hydrogen-bond acceptors (Lipinski definition) is 3. The zero-order valence-electron chi connectivity index (χ0n) is 11.3. The van der Waals surface area contributed by atoms with Crippen molar-refractivity contribution < 1.29 is 18.0 Å². The zero-order valence-corrected chi connectivity index (χ0v) is 12.9. The van der Waals surface area contributed by atoms with E-state index in [4.69, 9.17) is 16.9 Å². The molecule has 0 aliphatic carbocycles. The van der Waals surface area contributed by atoms with Gasteiger partial charge in [0.15, 0.2) is 0 Å². The van der Waals surface area contributed by atoms with E-state index in [2.05, 4.69) is 5.32 Å². The smallest absolute Gasteiger partial charge is 0.321 e. The quantitative estimate of drug-likeness (QED) is 0.623. The molecule has 2 rings (SSSR count). The predicted molar refractivity (Wildman–Crippen MR) is 83.0 cm³/mol. The maximum atomic E-state index is 12.9. The Labute approximate surface area is 138 Å². The van der Waals surface area contributed by atoms with E-state index in [9.17, 15) is 18.0 Å². The molecule has 0 fully saturated rings. The second kappa shape index (κ2) is 6.86. The highest BCUT2D eigenvalue weighted by Crippen LogP contribution is 2.34. The third-order valence-electron chi connectivity index (χ3n) is 2.73. The molecule has 0 spiro atoms. The average molecular weight is 357 g/mol. The monoisotopic (exact) mass is 356 g/mol. The molecule has 0 saturated heterocycles. The van der Waals surface area contributed by atoms with Crippen LogP contribution < -0.4 is 5.32 Å². The topological polar surface area (TPSA) is 52.9 Å². The SMILES string of the molecule is N#C/C(=C\c1ccc(Cl)s1)C(=O)Nc1ccccc1C(F)(F)F. The Bertz CT molecular complexity index is 806. The number of carbonyl (C=O) groups is 1. The molecule has 0 bridgehead atoms. The molecule has 0 aliphatic rings.